The van der Waals surface area contributed by atoms with Crippen LogP contribution in [0.15, 0.2) is 18.5 Å². The van der Waals surface area contributed by atoms with Gasteiger partial charge in [0.1, 0.15) is 16.8 Å². The Kier molecular flexibility index (Phi) is 4.17. The summed E-state index contributed by atoms with van der Waals surface area (Å²) in [6, 6.07) is 2.23. The Hall–Kier alpha value is -2.05. The molecule has 7 heteroatoms. The Labute approximate surface area is 155 Å². The highest BCUT2D eigenvalue weighted by atomic mass is 35.5. The topological polar surface area (TPSA) is 54.8 Å². The van der Waals surface area contributed by atoms with E-state index in [1.54, 1.807) is 11.3 Å². The Morgan fingerprint density at radius 1 is 1.12 bits per heavy atom. The zero-order valence-electron chi connectivity index (χ0n) is 14.4. The number of thiazole rings is 1. The second kappa shape index (κ2) is 6.35. The van der Waals surface area contributed by atoms with E-state index in [1.165, 1.54) is 5.56 Å². The van der Waals surface area contributed by atoms with Crippen molar-refractivity contribution in [3.63, 3.8) is 0 Å². The van der Waals surface area contributed by atoms with E-state index in [0.29, 0.717) is 11.0 Å². The molecule has 0 amide bonds. The van der Waals surface area contributed by atoms with E-state index < -0.39 is 0 Å². The molecule has 0 aliphatic carbocycles. The molecule has 3 aromatic heterocycles. The molecule has 1 aliphatic heterocycles. The Morgan fingerprint density at radius 2 is 1.96 bits per heavy atom. The third-order valence-electron chi connectivity index (χ3n) is 4.42. The number of hydrogen-bond acceptors (Lipinski definition) is 6. The third-order valence-corrected chi connectivity index (χ3v) is 5.75. The molecular formula is C18H18ClN5S. The first kappa shape index (κ1) is 16.4. The lowest BCUT2D eigenvalue weighted by atomic mass is 10.0. The second-order valence-corrected chi connectivity index (χ2v) is 7.85. The lowest BCUT2D eigenvalue weighted by molar-refractivity contribution is 0.697. The van der Waals surface area contributed by atoms with E-state index in [1.807, 2.05) is 33.2 Å². The fraction of sp³-hybridized carbons (Fsp3) is 0.333. The van der Waals surface area contributed by atoms with Gasteiger partial charge in [-0.1, -0.05) is 11.6 Å². The maximum atomic E-state index is 6.25. The van der Waals surface area contributed by atoms with Crippen molar-refractivity contribution in [1.29, 1.82) is 0 Å². The van der Waals surface area contributed by atoms with E-state index in [9.17, 15) is 0 Å². The first-order valence-electron chi connectivity index (χ1n) is 8.17. The highest BCUT2D eigenvalue weighted by Gasteiger charge is 2.22. The molecule has 0 atom stereocenters. The molecule has 4 rings (SSSR count). The van der Waals surface area contributed by atoms with Gasteiger partial charge in [-0.2, -0.15) is 0 Å². The number of aromatic nitrogens is 4. The lowest BCUT2D eigenvalue weighted by Crippen LogP contribution is -2.32. The van der Waals surface area contributed by atoms with Crippen molar-refractivity contribution >= 4 is 28.8 Å². The smallest absolute Gasteiger partial charge is 0.137 e. The summed E-state index contributed by atoms with van der Waals surface area (Å²) >= 11 is 7.94. The number of halogens is 1. The van der Waals surface area contributed by atoms with E-state index in [2.05, 4.69) is 30.9 Å². The summed E-state index contributed by atoms with van der Waals surface area (Å²) in [5.74, 6) is 1.62. The first-order chi connectivity index (χ1) is 12.0. The van der Waals surface area contributed by atoms with Gasteiger partial charge in [0.2, 0.25) is 0 Å². The van der Waals surface area contributed by atoms with E-state index >= 15 is 0 Å². The fourth-order valence-corrected chi connectivity index (χ4v) is 4.09. The maximum Gasteiger partial charge on any atom is 0.137 e. The molecule has 25 heavy (non-hydrogen) atoms. The normalized spacial score (nSPS) is 13.8. The van der Waals surface area contributed by atoms with Crippen LogP contribution in [0.3, 0.4) is 0 Å². The van der Waals surface area contributed by atoms with E-state index in [0.717, 1.165) is 52.0 Å². The SMILES string of the molecule is Cc1nc(Cl)c(C)c(N2CCc3ncc(-c4cnc(C)s4)cc3C2)n1. The van der Waals surface area contributed by atoms with Gasteiger partial charge < -0.3 is 4.90 Å². The molecular weight excluding hydrogens is 354 g/mol. The Morgan fingerprint density at radius 3 is 2.72 bits per heavy atom. The van der Waals surface area contributed by atoms with E-state index in [-0.39, 0.29) is 0 Å². The largest absolute Gasteiger partial charge is 0.351 e. The lowest BCUT2D eigenvalue weighted by Gasteiger charge is -2.30. The summed E-state index contributed by atoms with van der Waals surface area (Å²) in [6.45, 7) is 7.53. The number of anilines is 1. The molecule has 1 aliphatic rings. The fourth-order valence-electron chi connectivity index (χ4n) is 3.12. The van der Waals surface area contributed by atoms with Gasteiger partial charge in [-0.25, -0.2) is 15.0 Å². The van der Waals surface area contributed by atoms with Crippen LogP contribution in [0.1, 0.15) is 27.7 Å². The molecule has 0 saturated heterocycles. The van der Waals surface area contributed by atoms with Gasteiger partial charge in [-0.05, 0) is 32.4 Å². The average molecular weight is 372 g/mol. The monoisotopic (exact) mass is 371 g/mol. The molecule has 5 nitrogen and oxygen atoms in total. The van der Waals surface area contributed by atoms with Crippen molar-refractivity contribution in [3.8, 4) is 10.4 Å². The van der Waals surface area contributed by atoms with Crippen LogP contribution in [0.5, 0.6) is 0 Å². The van der Waals surface area contributed by atoms with Gasteiger partial charge in [0.15, 0.2) is 0 Å². The molecule has 128 valence electrons. The van der Waals surface area contributed by atoms with Crippen LogP contribution in [0.2, 0.25) is 5.15 Å². The van der Waals surface area contributed by atoms with E-state index in [4.69, 9.17) is 11.6 Å². The molecule has 0 saturated carbocycles. The zero-order valence-corrected chi connectivity index (χ0v) is 15.9. The Bertz CT molecular complexity index is 953. The average Bonchev–Trinajstić information content (AvgIpc) is 3.03. The first-order valence-corrected chi connectivity index (χ1v) is 9.37. The van der Waals surface area contributed by atoms with Gasteiger partial charge in [0.25, 0.3) is 0 Å². The van der Waals surface area contributed by atoms with Crippen molar-refractivity contribution in [3.05, 3.63) is 51.3 Å². The molecule has 0 bridgehead atoms. The van der Waals surface area contributed by atoms with Crippen molar-refractivity contribution in [1.82, 2.24) is 19.9 Å². The number of fused-ring (bicyclic) bond motifs is 1. The summed E-state index contributed by atoms with van der Waals surface area (Å²) in [5.41, 5.74) is 4.45. The van der Waals surface area contributed by atoms with Crippen LogP contribution in [0, 0.1) is 20.8 Å². The molecule has 3 aromatic rings. The van der Waals surface area contributed by atoms with Crippen LogP contribution in [-0.2, 0) is 13.0 Å². The van der Waals surface area contributed by atoms with Gasteiger partial charge >= 0.3 is 0 Å². The summed E-state index contributed by atoms with van der Waals surface area (Å²) < 4.78 is 0. The molecule has 0 spiro atoms. The quantitative estimate of drug-likeness (QED) is 0.634. The standard InChI is InChI=1S/C18H18ClN5S/c1-10-17(19)22-11(2)23-18(10)24-5-4-15-14(9-24)6-13(7-21-15)16-8-20-12(3)25-16/h6-8H,4-5,9H2,1-3H3. The minimum Gasteiger partial charge on any atom is -0.351 e. The number of nitrogens with zero attached hydrogens (tertiary/aromatic N) is 5. The molecule has 0 radical (unpaired) electrons. The predicted octanol–water partition coefficient (Wildman–Crippen LogP) is 4.14. The number of rotatable bonds is 2. The van der Waals surface area contributed by atoms with Crippen molar-refractivity contribution in [2.45, 2.75) is 33.7 Å². The third kappa shape index (κ3) is 3.12. The summed E-state index contributed by atoms with van der Waals surface area (Å²) in [5, 5.41) is 1.59. The predicted molar refractivity (Wildman–Crippen MR) is 101 cm³/mol. The minimum absolute atomic E-state index is 0.528. The van der Waals surface area contributed by atoms with Crippen molar-refractivity contribution in [2.24, 2.45) is 0 Å². The molecule has 0 aromatic carbocycles. The highest BCUT2D eigenvalue weighted by molar-refractivity contribution is 7.15. The minimum atomic E-state index is 0.528. The van der Waals surface area contributed by atoms with Crippen LogP contribution in [0.25, 0.3) is 10.4 Å². The number of aryl methyl sites for hydroxylation is 2. The molecule has 0 unspecified atom stereocenters. The van der Waals surface area contributed by atoms with Crippen LogP contribution in [0.4, 0.5) is 5.82 Å². The highest BCUT2D eigenvalue weighted by Crippen LogP contribution is 2.31. The van der Waals surface area contributed by atoms with Crippen LogP contribution < -0.4 is 4.90 Å². The summed E-state index contributed by atoms with van der Waals surface area (Å²) in [4.78, 5) is 21.3. The van der Waals surface area contributed by atoms with Crippen LogP contribution in [-0.4, -0.2) is 26.5 Å². The van der Waals surface area contributed by atoms with Gasteiger partial charge in [0, 0.05) is 48.7 Å². The summed E-state index contributed by atoms with van der Waals surface area (Å²) in [6.07, 6.45) is 4.78. The van der Waals surface area contributed by atoms with Gasteiger partial charge in [-0.3, -0.25) is 4.98 Å². The summed E-state index contributed by atoms with van der Waals surface area (Å²) in [7, 11) is 0. The maximum absolute atomic E-state index is 6.25. The van der Waals surface area contributed by atoms with Gasteiger partial charge in [0.05, 0.1) is 9.88 Å². The molecule has 0 N–H and O–H groups in total. The number of hydrogen-bond donors (Lipinski definition) is 0. The molecule has 4 heterocycles. The van der Waals surface area contributed by atoms with Crippen LogP contribution >= 0.6 is 22.9 Å². The zero-order chi connectivity index (χ0) is 17.6. The second-order valence-electron chi connectivity index (χ2n) is 6.26. The Balaban J connectivity index is 1.69. The van der Waals surface area contributed by atoms with Crippen molar-refractivity contribution < 1.29 is 0 Å². The number of pyridine rings is 1. The molecule has 0 fully saturated rings. The van der Waals surface area contributed by atoms with Crippen molar-refractivity contribution in [2.75, 3.05) is 11.4 Å². The van der Waals surface area contributed by atoms with Gasteiger partial charge in [-0.15, -0.1) is 11.3 Å².